The predicted octanol–water partition coefficient (Wildman–Crippen LogP) is 1.12. The SMILES string of the molecule is CC1(C)Oc2cc(C#N)ccc2[C@@H](O)[C@@H]1O. The average Bonchev–Trinajstić information content (AvgIpc) is 2.25. The van der Waals surface area contributed by atoms with Crippen LogP contribution in [-0.4, -0.2) is 21.9 Å². The molecule has 0 aliphatic carbocycles. The number of nitrogens with zero attached hydrogens (tertiary/aromatic N) is 1. The minimum absolute atomic E-state index is 0.460. The summed E-state index contributed by atoms with van der Waals surface area (Å²) in [5.74, 6) is 0.460. The summed E-state index contributed by atoms with van der Waals surface area (Å²) in [5, 5.41) is 28.5. The van der Waals surface area contributed by atoms with Gasteiger partial charge in [0, 0.05) is 5.56 Å². The van der Waals surface area contributed by atoms with Gasteiger partial charge in [-0.2, -0.15) is 5.26 Å². The Morgan fingerprint density at radius 3 is 2.69 bits per heavy atom. The number of hydrogen-bond donors (Lipinski definition) is 2. The lowest BCUT2D eigenvalue weighted by molar-refractivity contribution is -0.111. The van der Waals surface area contributed by atoms with E-state index in [1.807, 2.05) is 6.07 Å². The molecular weight excluding hydrogens is 206 g/mol. The quantitative estimate of drug-likeness (QED) is 0.685. The molecule has 2 rings (SSSR count). The van der Waals surface area contributed by atoms with Gasteiger partial charge in [0.15, 0.2) is 0 Å². The van der Waals surface area contributed by atoms with Gasteiger partial charge in [0.05, 0.1) is 11.6 Å². The van der Waals surface area contributed by atoms with E-state index in [2.05, 4.69) is 0 Å². The van der Waals surface area contributed by atoms with Crippen molar-refractivity contribution in [2.24, 2.45) is 0 Å². The van der Waals surface area contributed by atoms with Gasteiger partial charge in [0.1, 0.15) is 23.6 Å². The molecule has 0 saturated carbocycles. The summed E-state index contributed by atoms with van der Waals surface area (Å²) >= 11 is 0. The molecule has 2 atom stereocenters. The van der Waals surface area contributed by atoms with Crippen LogP contribution in [0, 0.1) is 11.3 Å². The number of aliphatic hydroxyl groups is 2. The van der Waals surface area contributed by atoms with Gasteiger partial charge in [-0.05, 0) is 26.0 Å². The van der Waals surface area contributed by atoms with Crippen LogP contribution in [0.2, 0.25) is 0 Å². The molecule has 1 aromatic rings. The number of nitriles is 1. The number of rotatable bonds is 0. The molecule has 0 fully saturated rings. The molecule has 16 heavy (non-hydrogen) atoms. The molecule has 0 saturated heterocycles. The molecule has 2 N–H and O–H groups in total. The lowest BCUT2D eigenvalue weighted by Crippen LogP contribution is -2.48. The first-order chi connectivity index (χ1) is 7.45. The maximum absolute atomic E-state index is 9.92. The molecule has 4 nitrogen and oxygen atoms in total. The van der Waals surface area contributed by atoms with Gasteiger partial charge in [-0.25, -0.2) is 0 Å². The lowest BCUT2D eigenvalue weighted by atomic mass is 9.88. The fourth-order valence-electron chi connectivity index (χ4n) is 1.83. The molecule has 4 heteroatoms. The fraction of sp³-hybridized carbons (Fsp3) is 0.417. The molecule has 0 amide bonds. The van der Waals surface area contributed by atoms with Gasteiger partial charge < -0.3 is 14.9 Å². The minimum Gasteiger partial charge on any atom is -0.485 e. The van der Waals surface area contributed by atoms with Crippen molar-refractivity contribution >= 4 is 0 Å². The van der Waals surface area contributed by atoms with E-state index in [0.717, 1.165) is 0 Å². The Hall–Kier alpha value is -1.57. The Balaban J connectivity index is 2.52. The highest BCUT2D eigenvalue weighted by Crippen LogP contribution is 2.39. The summed E-state index contributed by atoms with van der Waals surface area (Å²) in [7, 11) is 0. The lowest BCUT2D eigenvalue weighted by Gasteiger charge is -2.40. The van der Waals surface area contributed by atoms with Crippen molar-refractivity contribution < 1.29 is 14.9 Å². The molecule has 0 aromatic heterocycles. The van der Waals surface area contributed by atoms with Crippen molar-refractivity contribution in [2.45, 2.75) is 31.7 Å². The van der Waals surface area contributed by atoms with Crippen LogP contribution in [0.1, 0.15) is 31.1 Å². The molecule has 0 bridgehead atoms. The summed E-state index contributed by atoms with van der Waals surface area (Å²) in [6, 6.07) is 6.78. The summed E-state index contributed by atoms with van der Waals surface area (Å²) in [6.07, 6.45) is -1.96. The van der Waals surface area contributed by atoms with Crippen LogP contribution < -0.4 is 4.74 Å². The van der Waals surface area contributed by atoms with Crippen LogP contribution in [0.5, 0.6) is 5.75 Å². The van der Waals surface area contributed by atoms with Crippen molar-refractivity contribution in [3.8, 4) is 11.8 Å². The topological polar surface area (TPSA) is 73.5 Å². The molecular formula is C12H13NO3. The summed E-state index contributed by atoms with van der Waals surface area (Å²) < 4.78 is 5.58. The Labute approximate surface area is 93.7 Å². The van der Waals surface area contributed by atoms with Crippen LogP contribution in [0.15, 0.2) is 18.2 Å². The van der Waals surface area contributed by atoms with E-state index in [1.165, 1.54) is 0 Å². The first kappa shape index (κ1) is 10.9. The van der Waals surface area contributed by atoms with Gasteiger partial charge in [-0.1, -0.05) is 6.07 Å². The number of hydrogen-bond acceptors (Lipinski definition) is 4. The second-order valence-electron chi connectivity index (χ2n) is 4.46. The maximum Gasteiger partial charge on any atom is 0.132 e. The predicted molar refractivity (Wildman–Crippen MR) is 56.8 cm³/mol. The molecule has 0 spiro atoms. The Bertz CT molecular complexity index is 462. The van der Waals surface area contributed by atoms with Crippen molar-refractivity contribution in [1.29, 1.82) is 5.26 Å². The van der Waals surface area contributed by atoms with E-state index in [0.29, 0.717) is 16.9 Å². The minimum atomic E-state index is -0.980. The normalized spacial score (nSPS) is 26.4. The second-order valence-corrected chi connectivity index (χ2v) is 4.46. The van der Waals surface area contributed by atoms with Crippen molar-refractivity contribution in [2.75, 3.05) is 0 Å². The molecule has 84 valence electrons. The molecule has 0 unspecified atom stereocenters. The summed E-state index contributed by atoms with van der Waals surface area (Å²) in [4.78, 5) is 0. The zero-order chi connectivity index (χ0) is 11.9. The van der Waals surface area contributed by atoms with E-state index in [1.54, 1.807) is 32.0 Å². The standard InChI is InChI=1S/C12H13NO3/c1-12(2)11(15)10(14)8-4-3-7(6-13)5-9(8)16-12/h3-5,10-11,14-15H,1-2H3/t10-,11+/m1/s1. The van der Waals surface area contributed by atoms with E-state index in [9.17, 15) is 10.2 Å². The first-order valence-electron chi connectivity index (χ1n) is 5.05. The molecule has 0 radical (unpaired) electrons. The third-order valence-corrected chi connectivity index (χ3v) is 2.85. The average molecular weight is 219 g/mol. The Morgan fingerprint density at radius 2 is 2.06 bits per heavy atom. The number of benzene rings is 1. The number of aliphatic hydroxyl groups excluding tert-OH is 2. The molecule has 1 aromatic carbocycles. The van der Waals surface area contributed by atoms with Gasteiger partial charge in [-0.3, -0.25) is 0 Å². The van der Waals surface area contributed by atoms with Gasteiger partial charge in [-0.15, -0.1) is 0 Å². The van der Waals surface area contributed by atoms with E-state index < -0.39 is 17.8 Å². The molecule has 1 aliphatic rings. The Morgan fingerprint density at radius 1 is 1.38 bits per heavy atom. The summed E-state index contributed by atoms with van der Waals surface area (Å²) in [6.45, 7) is 3.39. The van der Waals surface area contributed by atoms with Crippen LogP contribution in [0.4, 0.5) is 0 Å². The monoisotopic (exact) mass is 219 g/mol. The second kappa shape index (κ2) is 3.48. The first-order valence-corrected chi connectivity index (χ1v) is 5.05. The van der Waals surface area contributed by atoms with Crippen LogP contribution in [0.3, 0.4) is 0 Å². The highest BCUT2D eigenvalue weighted by atomic mass is 16.5. The van der Waals surface area contributed by atoms with E-state index in [-0.39, 0.29) is 0 Å². The van der Waals surface area contributed by atoms with Crippen LogP contribution >= 0.6 is 0 Å². The van der Waals surface area contributed by atoms with Crippen molar-refractivity contribution in [3.63, 3.8) is 0 Å². The molecule has 1 heterocycles. The maximum atomic E-state index is 9.92. The number of fused-ring (bicyclic) bond motifs is 1. The van der Waals surface area contributed by atoms with E-state index in [4.69, 9.17) is 10.00 Å². The third kappa shape index (κ3) is 1.54. The van der Waals surface area contributed by atoms with Crippen LogP contribution in [0.25, 0.3) is 0 Å². The van der Waals surface area contributed by atoms with E-state index >= 15 is 0 Å². The zero-order valence-corrected chi connectivity index (χ0v) is 9.14. The number of ether oxygens (including phenoxy) is 1. The largest absolute Gasteiger partial charge is 0.485 e. The third-order valence-electron chi connectivity index (χ3n) is 2.85. The van der Waals surface area contributed by atoms with Crippen molar-refractivity contribution in [1.82, 2.24) is 0 Å². The molecule has 1 aliphatic heterocycles. The van der Waals surface area contributed by atoms with Gasteiger partial charge in [0.2, 0.25) is 0 Å². The van der Waals surface area contributed by atoms with Crippen LogP contribution in [-0.2, 0) is 0 Å². The fourth-order valence-corrected chi connectivity index (χ4v) is 1.83. The summed E-state index contributed by atoms with van der Waals surface area (Å²) in [5.41, 5.74) is 0.129. The van der Waals surface area contributed by atoms with Crippen molar-refractivity contribution in [3.05, 3.63) is 29.3 Å². The zero-order valence-electron chi connectivity index (χ0n) is 9.14. The van der Waals surface area contributed by atoms with Gasteiger partial charge >= 0.3 is 0 Å². The smallest absolute Gasteiger partial charge is 0.132 e. The van der Waals surface area contributed by atoms with Gasteiger partial charge in [0.25, 0.3) is 0 Å². The highest BCUT2D eigenvalue weighted by molar-refractivity contribution is 5.45. The Kier molecular flexibility index (Phi) is 2.38. The highest BCUT2D eigenvalue weighted by Gasteiger charge is 2.42.